The van der Waals surface area contributed by atoms with Gasteiger partial charge in [0.15, 0.2) is 0 Å². The molecule has 0 bridgehead atoms. The molecule has 0 fully saturated rings. The molecule has 0 aromatic carbocycles. The minimum absolute atomic E-state index is 0.932. The maximum atomic E-state index is 12.5. The molecule has 0 spiro atoms. The second-order valence-corrected chi connectivity index (χ2v) is 1.67. The number of methoxy groups -OCH3 is 1. The van der Waals surface area contributed by atoms with Gasteiger partial charge < -0.3 is 4.74 Å². The summed E-state index contributed by atoms with van der Waals surface area (Å²) in [7, 11) is 0.932. The third kappa shape index (κ3) is 1.80. The third-order valence-corrected chi connectivity index (χ3v) is 0.888. The smallest absolute Gasteiger partial charge is 0.367 e. The lowest BCUT2D eigenvalue weighted by molar-refractivity contribution is -0.832. The first-order valence-corrected chi connectivity index (χ1v) is 2.42. The summed E-state index contributed by atoms with van der Waals surface area (Å²) in [4.78, 5) is 16.2. The Kier molecular flexibility index (Phi) is 2.81. The molecule has 8 heteroatoms. The summed E-state index contributed by atoms with van der Waals surface area (Å²) >= 11 is 0. The fraction of sp³-hybridized carbons (Fsp3) is 1.00. The van der Waals surface area contributed by atoms with Crippen LogP contribution < -0.4 is 0 Å². The van der Waals surface area contributed by atoms with Crippen LogP contribution in [0.15, 0.2) is 0 Å². The number of rotatable bonds is 4. The summed E-state index contributed by atoms with van der Waals surface area (Å²) in [6.45, 7) is -1.20. The summed E-state index contributed by atoms with van der Waals surface area (Å²) in [5, 5.41) is 19.5. The van der Waals surface area contributed by atoms with Gasteiger partial charge >= 0.3 is 5.92 Å². The van der Waals surface area contributed by atoms with E-state index in [1.807, 2.05) is 0 Å². The molecule has 0 atom stereocenters. The summed E-state index contributed by atoms with van der Waals surface area (Å²) in [6.07, 6.45) is 0. The number of ether oxygens (including phenoxy) is 1. The van der Waals surface area contributed by atoms with E-state index >= 15 is 0 Å². The van der Waals surface area contributed by atoms with Crippen molar-refractivity contribution in [1.82, 2.24) is 0 Å². The van der Waals surface area contributed by atoms with E-state index in [1.54, 1.807) is 0 Å². The van der Waals surface area contributed by atoms with Crippen molar-refractivity contribution in [2.75, 3.05) is 13.7 Å². The van der Waals surface area contributed by atoms with Crippen LogP contribution in [-0.4, -0.2) is 29.5 Å². The standard InChI is InChI=1S/C3H5FN2O5/c1-11-2-3(4,5(7)8)6(9)10/h2H2,1H3. The highest BCUT2D eigenvalue weighted by atomic mass is 19.2. The van der Waals surface area contributed by atoms with Gasteiger partial charge in [0.1, 0.15) is 9.85 Å². The monoisotopic (exact) mass is 168 g/mol. The highest BCUT2D eigenvalue weighted by Crippen LogP contribution is 2.12. The molecule has 0 aliphatic rings. The van der Waals surface area contributed by atoms with Crippen molar-refractivity contribution in [1.29, 1.82) is 0 Å². The third-order valence-electron chi connectivity index (χ3n) is 0.888. The Labute approximate surface area is 60.1 Å². The Morgan fingerprint density at radius 1 is 1.45 bits per heavy atom. The van der Waals surface area contributed by atoms with Crippen LogP contribution in [-0.2, 0) is 4.74 Å². The van der Waals surface area contributed by atoms with E-state index in [4.69, 9.17) is 0 Å². The Morgan fingerprint density at radius 3 is 1.91 bits per heavy atom. The zero-order chi connectivity index (χ0) is 9.07. The first-order valence-electron chi connectivity index (χ1n) is 2.42. The summed E-state index contributed by atoms with van der Waals surface area (Å²) in [5.41, 5.74) is 0. The minimum atomic E-state index is -3.73. The van der Waals surface area contributed by atoms with Crippen molar-refractivity contribution in [2.24, 2.45) is 0 Å². The van der Waals surface area contributed by atoms with Crippen molar-refractivity contribution in [3.63, 3.8) is 0 Å². The molecule has 64 valence electrons. The molecule has 11 heavy (non-hydrogen) atoms. The Bertz CT molecular complexity index is 169. The molecule has 7 nitrogen and oxygen atoms in total. The number of alkyl halides is 1. The maximum Gasteiger partial charge on any atom is 0.637 e. The topological polar surface area (TPSA) is 95.5 Å². The van der Waals surface area contributed by atoms with Crippen LogP contribution >= 0.6 is 0 Å². The van der Waals surface area contributed by atoms with Crippen LogP contribution in [0.1, 0.15) is 0 Å². The van der Waals surface area contributed by atoms with E-state index in [1.165, 1.54) is 0 Å². The zero-order valence-corrected chi connectivity index (χ0v) is 5.52. The fourth-order valence-corrected chi connectivity index (χ4v) is 0.356. The van der Waals surface area contributed by atoms with Crippen LogP contribution in [0.2, 0.25) is 0 Å². The second kappa shape index (κ2) is 3.19. The van der Waals surface area contributed by atoms with Crippen molar-refractivity contribution < 1.29 is 19.0 Å². The van der Waals surface area contributed by atoms with E-state index < -0.39 is 22.4 Å². The van der Waals surface area contributed by atoms with Crippen molar-refractivity contribution in [2.45, 2.75) is 5.92 Å². The lowest BCUT2D eigenvalue weighted by Gasteiger charge is -2.05. The van der Waals surface area contributed by atoms with E-state index in [2.05, 4.69) is 4.74 Å². The number of nitrogens with zero attached hydrogens (tertiary/aromatic N) is 2. The van der Waals surface area contributed by atoms with Gasteiger partial charge in [0.25, 0.3) is 0 Å². The predicted octanol–water partition coefficient (Wildman–Crippen LogP) is -0.191. The summed E-state index contributed by atoms with van der Waals surface area (Å²) in [5.74, 6) is -3.73. The average molecular weight is 168 g/mol. The molecular weight excluding hydrogens is 163 g/mol. The van der Waals surface area contributed by atoms with Gasteiger partial charge in [-0.25, -0.2) is 0 Å². The molecule has 0 radical (unpaired) electrons. The molecule has 0 aromatic rings. The van der Waals surface area contributed by atoms with Crippen LogP contribution in [0, 0.1) is 20.2 Å². The van der Waals surface area contributed by atoms with Crippen molar-refractivity contribution in [3.8, 4) is 0 Å². The summed E-state index contributed by atoms with van der Waals surface area (Å²) in [6, 6.07) is 0. The van der Waals surface area contributed by atoms with Gasteiger partial charge in [-0.15, -0.1) is 0 Å². The molecule has 0 saturated carbocycles. The molecular formula is C3H5FN2O5. The average Bonchev–Trinajstić information content (AvgIpc) is 1.87. The number of hydrogen-bond acceptors (Lipinski definition) is 5. The first kappa shape index (κ1) is 9.69. The molecule has 0 unspecified atom stereocenters. The van der Waals surface area contributed by atoms with Crippen LogP contribution in [0.25, 0.3) is 0 Å². The first-order chi connectivity index (χ1) is 4.95. The minimum Gasteiger partial charge on any atom is -0.367 e. The number of nitro groups is 2. The number of hydrogen-bond donors (Lipinski definition) is 0. The zero-order valence-electron chi connectivity index (χ0n) is 5.52. The van der Waals surface area contributed by atoms with Crippen LogP contribution in [0.3, 0.4) is 0 Å². The van der Waals surface area contributed by atoms with E-state index in [0.717, 1.165) is 7.11 Å². The lowest BCUT2D eigenvalue weighted by Crippen LogP contribution is -2.45. The quantitative estimate of drug-likeness (QED) is 0.251. The van der Waals surface area contributed by atoms with Gasteiger partial charge in [0.2, 0.25) is 6.61 Å². The Hall–Kier alpha value is -1.31. The van der Waals surface area contributed by atoms with Gasteiger partial charge in [-0.2, -0.15) is 0 Å². The van der Waals surface area contributed by atoms with Gasteiger partial charge in [-0.3, -0.25) is 20.2 Å². The number of halogens is 1. The molecule has 0 aliphatic carbocycles. The highest BCUT2D eigenvalue weighted by Gasteiger charge is 2.58. The maximum absolute atomic E-state index is 12.5. The van der Waals surface area contributed by atoms with Gasteiger partial charge in [0, 0.05) is 7.11 Å². The molecule has 0 rings (SSSR count). The largest absolute Gasteiger partial charge is 0.637 e. The highest BCUT2D eigenvalue weighted by molar-refractivity contribution is 4.47. The molecule has 0 aliphatic heterocycles. The van der Waals surface area contributed by atoms with Gasteiger partial charge in [-0.1, -0.05) is 4.39 Å². The van der Waals surface area contributed by atoms with Crippen LogP contribution in [0.5, 0.6) is 0 Å². The van der Waals surface area contributed by atoms with Crippen molar-refractivity contribution in [3.05, 3.63) is 20.2 Å². The van der Waals surface area contributed by atoms with Crippen LogP contribution in [0.4, 0.5) is 4.39 Å². The molecule has 0 saturated heterocycles. The molecule has 0 N–H and O–H groups in total. The lowest BCUT2D eigenvalue weighted by atomic mass is 10.5. The molecule has 0 aromatic heterocycles. The van der Waals surface area contributed by atoms with E-state index in [0.29, 0.717) is 0 Å². The summed E-state index contributed by atoms with van der Waals surface area (Å²) < 4.78 is 16.5. The fourth-order valence-electron chi connectivity index (χ4n) is 0.356. The predicted molar refractivity (Wildman–Crippen MR) is 29.7 cm³/mol. The van der Waals surface area contributed by atoms with E-state index in [-0.39, 0.29) is 0 Å². The van der Waals surface area contributed by atoms with Gasteiger partial charge in [0.05, 0.1) is 0 Å². The second-order valence-electron chi connectivity index (χ2n) is 1.67. The Morgan fingerprint density at radius 2 is 1.82 bits per heavy atom. The molecule has 0 heterocycles. The van der Waals surface area contributed by atoms with Gasteiger partial charge in [-0.05, 0) is 0 Å². The molecule has 0 amide bonds. The SMILES string of the molecule is COCC(F)([N+](=O)[O-])[N+](=O)[O-]. The van der Waals surface area contributed by atoms with Crippen molar-refractivity contribution >= 4 is 0 Å². The Balaban J connectivity index is 4.52. The normalized spacial score (nSPS) is 11.1. The van der Waals surface area contributed by atoms with E-state index in [9.17, 15) is 24.6 Å².